The van der Waals surface area contributed by atoms with Gasteiger partial charge in [0.15, 0.2) is 0 Å². The van der Waals surface area contributed by atoms with E-state index < -0.39 is 0 Å². The average molecular weight is 301 g/mol. The van der Waals surface area contributed by atoms with Crippen molar-refractivity contribution in [3.63, 3.8) is 0 Å². The van der Waals surface area contributed by atoms with Crippen LogP contribution in [0.25, 0.3) is 10.1 Å². The Morgan fingerprint density at radius 3 is 2.67 bits per heavy atom. The molecule has 2 heterocycles. The second-order valence-electron chi connectivity index (χ2n) is 4.73. The monoisotopic (exact) mass is 301 g/mol. The number of halogens is 2. The molecule has 3 aromatic rings. The van der Waals surface area contributed by atoms with Gasteiger partial charge in [-0.25, -0.2) is 13.8 Å². The van der Waals surface area contributed by atoms with E-state index in [1.807, 2.05) is 0 Å². The Hall–Kier alpha value is -2.47. The van der Waals surface area contributed by atoms with Gasteiger partial charge in [0.05, 0.1) is 16.9 Å². The van der Waals surface area contributed by atoms with Crippen molar-refractivity contribution in [1.82, 2.24) is 0 Å². The Kier molecular flexibility index (Phi) is 2.49. The normalized spacial score (nSPS) is 13.1. The summed E-state index contributed by atoms with van der Waals surface area (Å²) in [6, 6.07) is 8.80. The van der Waals surface area contributed by atoms with Gasteiger partial charge in [0, 0.05) is 10.1 Å². The molecule has 0 radical (unpaired) electrons. The highest BCUT2D eigenvalue weighted by atomic mass is 32.1. The molecule has 1 aliphatic rings. The van der Waals surface area contributed by atoms with Crippen molar-refractivity contribution in [1.29, 1.82) is 0 Å². The summed E-state index contributed by atoms with van der Waals surface area (Å²) in [7, 11) is 0. The Balaban J connectivity index is 2.01. The maximum Gasteiger partial charge on any atom is 0.135 e. The van der Waals surface area contributed by atoms with Crippen LogP contribution < -0.4 is 11.1 Å². The van der Waals surface area contributed by atoms with Crippen LogP contribution in [0, 0.1) is 11.6 Å². The second kappa shape index (κ2) is 4.26. The molecule has 0 saturated heterocycles. The van der Waals surface area contributed by atoms with E-state index in [0.29, 0.717) is 17.2 Å². The van der Waals surface area contributed by atoms with Crippen LogP contribution in [0.1, 0.15) is 5.56 Å². The van der Waals surface area contributed by atoms with Gasteiger partial charge in [-0.05, 0) is 36.4 Å². The molecule has 0 fully saturated rings. The molecule has 0 atom stereocenters. The molecular weight excluding hydrogens is 292 g/mol. The number of thiophene rings is 1. The van der Waals surface area contributed by atoms with Gasteiger partial charge in [-0.1, -0.05) is 0 Å². The Bertz CT molecular complexity index is 915. The van der Waals surface area contributed by atoms with Gasteiger partial charge in [0.1, 0.15) is 22.5 Å². The number of hydrogen-bond donors (Lipinski definition) is 2. The van der Waals surface area contributed by atoms with Crippen molar-refractivity contribution >= 4 is 43.6 Å². The third kappa shape index (κ3) is 1.87. The standard InChI is InChI=1S/C15H9F2N3S/c16-7-2-4-10-11(5-7)20-15-13(14(18)19-10)9-3-1-8(17)6-12(9)21-15/h1-6,20H,(H2,18,19). The molecule has 0 amide bonds. The van der Waals surface area contributed by atoms with E-state index in [2.05, 4.69) is 10.3 Å². The predicted molar refractivity (Wildman–Crippen MR) is 81.9 cm³/mol. The lowest BCUT2D eigenvalue weighted by atomic mass is 10.1. The number of benzene rings is 2. The first-order valence-corrected chi connectivity index (χ1v) is 7.06. The molecule has 4 rings (SSSR count). The van der Waals surface area contributed by atoms with Crippen molar-refractivity contribution in [3.05, 3.63) is 53.6 Å². The summed E-state index contributed by atoms with van der Waals surface area (Å²) in [4.78, 5) is 4.34. The van der Waals surface area contributed by atoms with Gasteiger partial charge in [0.25, 0.3) is 0 Å². The van der Waals surface area contributed by atoms with E-state index in [1.54, 1.807) is 12.1 Å². The number of fused-ring (bicyclic) bond motifs is 4. The summed E-state index contributed by atoms with van der Waals surface area (Å²) < 4.78 is 27.5. The molecule has 0 unspecified atom stereocenters. The molecule has 0 saturated carbocycles. The summed E-state index contributed by atoms with van der Waals surface area (Å²) in [5.74, 6) is -0.327. The van der Waals surface area contributed by atoms with E-state index in [1.165, 1.54) is 35.6 Å². The van der Waals surface area contributed by atoms with E-state index >= 15 is 0 Å². The first kappa shape index (κ1) is 12.3. The molecule has 104 valence electrons. The highest BCUT2D eigenvalue weighted by molar-refractivity contribution is 7.23. The van der Waals surface area contributed by atoms with E-state index in [4.69, 9.17) is 5.73 Å². The summed E-state index contributed by atoms with van der Waals surface area (Å²) in [5.41, 5.74) is 7.93. The van der Waals surface area contributed by atoms with Crippen LogP contribution >= 0.6 is 11.3 Å². The van der Waals surface area contributed by atoms with Gasteiger partial charge >= 0.3 is 0 Å². The Labute approximate surface area is 122 Å². The van der Waals surface area contributed by atoms with Gasteiger partial charge in [-0.3, -0.25) is 0 Å². The second-order valence-corrected chi connectivity index (χ2v) is 5.78. The van der Waals surface area contributed by atoms with Crippen LogP contribution in [0.3, 0.4) is 0 Å². The molecule has 21 heavy (non-hydrogen) atoms. The van der Waals surface area contributed by atoms with Crippen molar-refractivity contribution in [2.24, 2.45) is 10.7 Å². The zero-order chi connectivity index (χ0) is 14.6. The molecule has 0 aliphatic carbocycles. The summed E-state index contributed by atoms with van der Waals surface area (Å²) >= 11 is 1.37. The highest BCUT2D eigenvalue weighted by Crippen LogP contribution is 2.42. The Morgan fingerprint density at radius 2 is 1.81 bits per heavy atom. The van der Waals surface area contributed by atoms with Crippen molar-refractivity contribution < 1.29 is 8.78 Å². The lowest BCUT2D eigenvalue weighted by Gasteiger charge is -2.05. The maximum absolute atomic E-state index is 13.4. The zero-order valence-electron chi connectivity index (χ0n) is 10.7. The maximum atomic E-state index is 13.4. The van der Waals surface area contributed by atoms with Gasteiger partial charge in [-0.2, -0.15) is 0 Å². The molecule has 1 aliphatic heterocycles. The van der Waals surface area contributed by atoms with Crippen LogP contribution in [-0.2, 0) is 0 Å². The molecule has 3 nitrogen and oxygen atoms in total. The summed E-state index contributed by atoms with van der Waals surface area (Å²) in [5, 5.41) is 4.71. The van der Waals surface area contributed by atoms with Crippen LogP contribution in [-0.4, -0.2) is 5.84 Å². The fraction of sp³-hybridized carbons (Fsp3) is 0. The smallest absolute Gasteiger partial charge is 0.135 e. The van der Waals surface area contributed by atoms with Gasteiger partial charge in [-0.15, -0.1) is 11.3 Å². The van der Waals surface area contributed by atoms with E-state index in [0.717, 1.165) is 20.7 Å². The fourth-order valence-corrected chi connectivity index (χ4v) is 3.58. The molecule has 2 aromatic carbocycles. The molecule has 0 bridgehead atoms. The number of aliphatic imine (C=N–C) groups is 1. The van der Waals surface area contributed by atoms with Gasteiger partial charge < -0.3 is 11.1 Å². The number of nitrogens with one attached hydrogen (secondary N) is 1. The zero-order valence-corrected chi connectivity index (χ0v) is 11.5. The molecular formula is C15H9F2N3S. The van der Waals surface area contributed by atoms with Crippen LogP contribution in [0.15, 0.2) is 41.4 Å². The quantitative estimate of drug-likeness (QED) is 0.651. The molecule has 0 spiro atoms. The number of amidine groups is 1. The topological polar surface area (TPSA) is 50.4 Å². The summed E-state index contributed by atoms with van der Waals surface area (Å²) in [6.07, 6.45) is 0. The third-order valence-electron chi connectivity index (χ3n) is 3.36. The number of hydrogen-bond acceptors (Lipinski definition) is 4. The minimum absolute atomic E-state index is 0.305. The minimum Gasteiger partial charge on any atom is -0.383 e. The van der Waals surface area contributed by atoms with E-state index in [9.17, 15) is 8.78 Å². The Morgan fingerprint density at radius 1 is 1.05 bits per heavy atom. The highest BCUT2D eigenvalue weighted by Gasteiger charge is 2.20. The van der Waals surface area contributed by atoms with Crippen molar-refractivity contribution in [2.75, 3.05) is 5.32 Å². The SMILES string of the molecule is NC1=Nc2ccc(F)cc2Nc2sc3cc(F)ccc3c21. The largest absolute Gasteiger partial charge is 0.383 e. The van der Waals surface area contributed by atoms with E-state index in [-0.39, 0.29) is 11.6 Å². The lowest BCUT2D eigenvalue weighted by Crippen LogP contribution is -2.12. The first-order valence-electron chi connectivity index (χ1n) is 6.25. The minimum atomic E-state index is -0.356. The average Bonchev–Trinajstić information content (AvgIpc) is 2.72. The number of nitrogens with two attached hydrogens (primary N) is 1. The van der Waals surface area contributed by atoms with Crippen LogP contribution in [0.5, 0.6) is 0 Å². The first-order chi connectivity index (χ1) is 10.1. The van der Waals surface area contributed by atoms with Crippen molar-refractivity contribution in [3.8, 4) is 0 Å². The van der Waals surface area contributed by atoms with Crippen LogP contribution in [0.2, 0.25) is 0 Å². The molecule has 6 heteroatoms. The molecule has 3 N–H and O–H groups in total. The predicted octanol–water partition coefficient (Wildman–Crippen LogP) is 4.27. The third-order valence-corrected chi connectivity index (χ3v) is 4.42. The van der Waals surface area contributed by atoms with Crippen LogP contribution in [0.4, 0.5) is 25.2 Å². The van der Waals surface area contributed by atoms with Gasteiger partial charge in [0.2, 0.25) is 0 Å². The number of anilines is 2. The number of rotatable bonds is 0. The summed E-state index contributed by atoms with van der Waals surface area (Å²) in [6.45, 7) is 0. The fourth-order valence-electron chi connectivity index (χ4n) is 2.43. The lowest BCUT2D eigenvalue weighted by molar-refractivity contribution is 0.628. The number of nitrogens with zero attached hydrogens (tertiary/aromatic N) is 1. The molecule has 1 aromatic heterocycles. The van der Waals surface area contributed by atoms with Crippen molar-refractivity contribution in [2.45, 2.75) is 0 Å².